The maximum Gasteiger partial charge on any atom is 0.216 e. The van der Waals surface area contributed by atoms with Crippen LogP contribution < -0.4 is 4.74 Å². The molecule has 0 aliphatic carbocycles. The first-order chi connectivity index (χ1) is 11.2. The van der Waals surface area contributed by atoms with Crippen LogP contribution >= 0.6 is 12.2 Å². The smallest absolute Gasteiger partial charge is 0.216 e. The maximum absolute atomic E-state index is 9.76. The molecule has 23 heavy (non-hydrogen) atoms. The van der Waals surface area contributed by atoms with Crippen molar-refractivity contribution in [1.82, 2.24) is 14.9 Å². The van der Waals surface area contributed by atoms with E-state index in [2.05, 4.69) is 15.3 Å². The Balaban J connectivity index is 1.79. The topological polar surface area (TPSA) is 75.4 Å². The third-order valence-corrected chi connectivity index (χ3v) is 3.34. The van der Waals surface area contributed by atoms with Crippen molar-refractivity contribution in [2.24, 2.45) is 5.10 Å². The lowest BCUT2D eigenvalue weighted by Gasteiger charge is -2.05. The number of benzene rings is 2. The summed E-state index contributed by atoms with van der Waals surface area (Å²) in [5, 5.41) is 20.8. The van der Waals surface area contributed by atoms with Crippen LogP contribution in [-0.2, 0) is 6.61 Å². The zero-order valence-corrected chi connectivity index (χ0v) is 12.9. The van der Waals surface area contributed by atoms with Gasteiger partial charge in [-0.05, 0) is 36.5 Å². The normalized spacial score (nSPS) is 11.0. The van der Waals surface area contributed by atoms with Gasteiger partial charge >= 0.3 is 0 Å². The van der Waals surface area contributed by atoms with Gasteiger partial charge in [-0.1, -0.05) is 30.3 Å². The fourth-order valence-electron chi connectivity index (χ4n) is 1.92. The average molecular weight is 326 g/mol. The standard InChI is InChI=1S/C16H14N4O2S/c21-14-9-5-4-6-12(14)10-17-20-15(18-19-16(20)23)11-22-13-7-2-1-3-8-13/h1-10,21H,11H2,(H,19,23)/b17-10-. The maximum atomic E-state index is 9.76. The minimum Gasteiger partial charge on any atom is -0.507 e. The summed E-state index contributed by atoms with van der Waals surface area (Å²) in [6.07, 6.45) is 1.52. The van der Waals surface area contributed by atoms with Crippen LogP contribution in [0.25, 0.3) is 0 Å². The first kappa shape index (κ1) is 15.0. The Morgan fingerprint density at radius 2 is 1.91 bits per heavy atom. The quantitative estimate of drug-likeness (QED) is 0.558. The van der Waals surface area contributed by atoms with Crippen LogP contribution in [0.2, 0.25) is 0 Å². The lowest BCUT2D eigenvalue weighted by Crippen LogP contribution is -2.04. The SMILES string of the molecule is Oc1ccccc1/C=N\n1c(COc2ccccc2)n[nH]c1=S. The molecule has 0 radical (unpaired) electrons. The molecule has 0 atom stereocenters. The van der Waals surface area contributed by atoms with Crippen LogP contribution in [0.5, 0.6) is 11.5 Å². The molecule has 1 aromatic heterocycles. The number of aromatic nitrogens is 3. The predicted molar refractivity (Wildman–Crippen MR) is 89.3 cm³/mol. The first-order valence-corrected chi connectivity index (χ1v) is 7.31. The molecular weight excluding hydrogens is 312 g/mol. The molecule has 0 spiro atoms. The van der Waals surface area contributed by atoms with Crippen LogP contribution in [0.1, 0.15) is 11.4 Å². The number of hydrogen-bond donors (Lipinski definition) is 2. The fourth-order valence-corrected chi connectivity index (χ4v) is 2.12. The van der Waals surface area contributed by atoms with Crippen LogP contribution in [0.4, 0.5) is 0 Å². The highest BCUT2D eigenvalue weighted by Crippen LogP contribution is 2.14. The van der Waals surface area contributed by atoms with E-state index in [1.807, 2.05) is 36.4 Å². The number of phenolic OH excluding ortho intramolecular Hbond substituents is 1. The summed E-state index contributed by atoms with van der Waals surface area (Å²) in [6.45, 7) is 0.218. The van der Waals surface area contributed by atoms with E-state index >= 15 is 0 Å². The van der Waals surface area contributed by atoms with Gasteiger partial charge in [-0.2, -0.15) is 14.9 Å². The third kappa shape index (κ3) is 3.64. The molecule has 2 N–H and O–H groups in total. The van der Waals surface area contributed by atoms with E-state index in [1.54, 1.807) is 18.2 Å². The lowest BCUT2D eigenvalue weighted by atomic mass is 10.2. The molecule has 116 valence electrons. The molecule has 0 fully saturated rings. The van der Waals surface area contributed by atoms with E-state index in [9.17, 15) is 5.11 Å². The molecule has 7 heteroatoms. The Morgan fingerprint density at radius 1 is 1.17 bits per heavy atom. The van der Waals surface area contributed by atoms with Crippen molar-refractivity contribution in [2.75, 3.05) is 0 Å². The number of phenols is 1. The van der Waals surface area contributed by atoms with Gasteiger partial charge < -0.3 is 9.84 Å². The van der Waals surface area contributed by atoms with E-state index in [0.29, 0.717) is 16.2 Å². The van der Waals surface area contributed by atoms with Crippen molar-refractivity contribution in [3.8, 4) is 11.5 Å². The zero-order valence-electron chi connectivity index (χ0n) is 12.1. The monoisotopic (exact) mass is 326 g/mol. The first-order valence-electron chi connectivity index (χ1n) is 6.90. The van der Waals surface area contributed by atoms with Gasteiger partial charge in [-0.3, -0.25) is 0 Å². The molecule has 3 aromatic rings. The molecule has 3 rings (SSSR count). The highest BCUT2D eigenvalue weighted by molar-refractivity contribution is 7.71. The Hall–Kier alpha value is -2.93. The molecule has 0 amide bonds. The summed E-state index contributed by atoms with van der Waals surface area (Å²) in [4.78, 5) is 0. The molecule has 0 saturated carbocycles. The Bertz CT molecular complexity index is 871. The molecular formula is C16H14N4O2S. The number of aromatic hydroxyl groups is 1. The van der Waals surface area contributed by atoms with E-state index < -0.39 is 0 Å². The highest BCUT2D eigenvalue weighted by Gasteiger charge is 2.06. The van der Waals surface area contributed by atoms with Gasteiger partial charge in [0.25, 0.3) is 0 Å². The number of ether oxygens (including phenoxy) is 1. The van der Waals surface area contributed by atoms with Crippen molar-refractivity contribution >= 4 is 18.4 Å². The van der Waals surface area contributed by atoms with Crippen molar-refractivity contribution in [3.05, 3.63) is 70.8 Å². The van der Waals surface area contributed by atoms with Crippen LogP contribution in [0.3, 0.4) is 0 Å². The van der Waals surface area contributed by atoms with E-state index in [4.69, 9.17) is 17.0 Å². The second kappa shape index (κ2) is 6.89. The van der Waals surface area contributed by atoms with E-state index in [1.165, 1.54) is 10.9 Å². The summed E-state index contributed by atoms with van der Waals surface area (Å²) in [6, 6.07) is 16.3. The number of nitrogens with one attached hydrogen (secondary N) is 1. The summed E-state index contributed by atoms with van der Waals surface area (Å²) in [5.41, 5.74) is 0.588. The van der Waals surface area contributed by atoms with Gasteiger partial charge in [0.2, 0.25) is 4.77 Å². The number of para-hydroxylation sites is 2. The molecule has 2 aromatic carbocycles. The van der Waals surface area contributed by atoms with Crippen LogP contribution in [0.15, 0.2) is 59.7 Å². The largest absolute Gasteiger partial charge is 0.507 e. The zero-order chi connectivity index (χ0) is 16.1. The molecule has 6 nitrogen and oxygen atoms in total. The average Bonchev–Trinajstić information content (AvgIpc) is 2.93. The fraction of sp³-hybridized carbons (Fsp3) is 0.0625. The Kier molecular flexibility index (Phi) is 4.49. The molecule has 0 aliphatic heterocycles. The van der Waals surface area contributed by atoms with E-state index in [0.717, 1.165) is 5.75 Å². The van der Waals surface area contributed by atoms with Crippen LogP contribution in [-0.4, -0.2) is 26.2 Å². The lowest BCUT2D eigenvalue weighted by molar-refractivity contribution is 0.290. The van der Waals surface area contributed by atoms with Crippen molar-refractivity contribution in [3.63, 3.8) is 0 Å². The number of hydrogen-bond acceptors (Lipinski definition) is 5. The third-order valence-electron chi connectivity index (χ3n) is 3.08. The molecule has 0 bridgehead atoms. The predicted octanol–water partition coefficient (Wildman–Crippen LogP) is 3.11. The van der Waals surface area contributed by atoms with Crippen molar-refractivity contribution in [2.45, 2.75) is 6.61 Å². The van der Waals surface area contributed by atoms with Gasteiger partial charge in [-0.25, -0.2) is 5.10 Å². The Morgan fingerprint density at radius 3 is 2.70 bits per heavy atom. The van der Waals surface area contributed by atoms with Gasteiger partial charge in [0.05, 0.1) is 6.21 Å². The summed E-state index contributed by atoms with van der Waals surface area (Å²) in [5.74, 6) is 1.41. The summed E-state index contributed by atoms with van der Waals surface area (Å²) < 4.78 is 7.46. The summed E-state index contributed by atoms with van der Waals surface area (Å²) in [7, 11) is 0. The van der Waals surface area contributed by atoms with Gasteiger partial charge in [0.15, 0.2) is 5.82 Å². The number of nitrogens with zero attached hydrogens (tertiary/aromatic N) is 3. The second-order valence-electron chi connectivity index (χ2n) is 4.66. The minimum atomic E-state index is 0.147. The summed E-state index contributed by atoms with van der Waals surface area (Å²) >= 11 is 5.17. The number of rotatable bonds is 5. The minimum absolute atomic E-state index is 0.147. The van der Waals surface area contributed by atoms with Gasteiger partial charge in [0.1, 0.15) is 18.1 Å². The molecule has 0 unspecified atom stereocenters. The number of H-pyrrole nitrogens is 1. The van der Waals surface area contributed by atoms with Crippen molar-refractivity contribution in [1.29, 1.82) is 0 Å². The Labute approximate surface area is 137 Å². The highest BCUT2D eigenvalue weighted by atomic mass is 32.1. The molecule has 1 heterocycles. The second-order valence-corrected chi connectivity index (χ2v) is 5.05. The van der Waals surface area contributed by atoms with Gasteiger partial charge in [0, 0.05) is 5.56 Å². The van der Waals surface area contributed by atoms with Crippen LogP contribution in [0, 0.1) is 4.77 Å². The van der Waals surface area contributed by atoms with Crippen molar-refractivity contribution < 1.29 is 9.84 Å². The number of aromatic amines is 1. The molecule has 0 saturated heterocycles. The van der Waals surface area contributed by atoms with E-state index in [-0.39, 0.29) is 12.4 Å². The molecule has 0 aliphatic rings. The van der Waals surface area contributed by atoms with Gasteiger partial charge in [-0.15, -0.1) is 0 Å².